The third-order valence-electron chi connectivity index (χ3n) is 6.43. The van der Waals surface area contributed by atoms with Gasteiger partial charge in [-0.25, -0.2) is 9.40 Å². The Kier molecular flexibility index (Phi) is 7.13. The highest BCUT2D eigenvalue weighted by Gasteiger charge is 2.39. The van der Waals surface area contributed by atoms with Gasteiger partial charge < -0.3 is 5.32 Å². The lowest BCUT2D eigenvalue weighted by Gasteiger charge is -2.23. The van der Waals surface area contributed by atoms with E-state index in [0.717, 1.165) is 28.0 Å². The summed E-state index contributed by atoms with van der Waals surface area (Å²) < 4.78 is 13.5. The summed E-state index contributed by atoms with van der Waals surface area (Å²) in [4.78, 5) is 29.8. The van der Waals surface area contributed by atoms with E-state index in [9.17, 15) is 14.0 Å². The predicted octanol–water partition coefficient (Wildman–Crippen LogP) is 6.27. The Labute approximate surface area is 223 Å². The molecule has 3 aromatic carbocycles. The molecule has 0 saturated heterocycles. The number of halogens is 2. The number of hydrogen-bond acceptors (Lipinski definition) is 5. The Morgan fingerprint density at radius 2 is 1.81 bits per heavy atom. The van der Waals surface area contributed by atoms with Crippen LogP contribution in [0.2, 0.25) is 5.02 Å². The Morgan fingerprint density at radius 3 is 2.51 bits per heavy atom. The summed E-state index contributed by atoms with van der Waals surface area (Å²) in [6.45, 7) is 3.99. The number of aliphatic imine (C=N–C) groups is 1. The van der Waals surface area contributed by atoms with Crippen molar-refractivity contribution in [1.82, 2.24) is 5.01 Å². The van der Waals surface area contributed by atoms with Gasteiger partial charge in [-0.05, 0) is 72.5 Å². The highest BCUT2D eigenvalue weighted by Crippen LogP contribution is 2.39. The van der Waals surface area contributed by atoms with E-state index in [1.165, 1.54) is 23.9 Å². The van der Waals surface area contributed by atoms with Crippen molar-refractivity contribution >= 4 is 51.7 Å². The van der Waals surface area contributed by atoms with Crippen LogP contribution in [0.1, 0.15) is 41.1 Å². The average molecular weight is 535 g/mol. The van der Waals surface area contributed by atoms with E-state index in [1.807, 2.05) is 44.2 Å². The van der Waals surface area contributed by atoms with Gasteiger partial charge in [0.2, 0.25) is 5.91 Å². The first-order chi connectivity index (χ1) is 17.8. The third-order valence-corrected chi connectivity index (χ3v) is 7.82. The molecule has 2 aliphatic heterocycles. The molecule has 2 atom stereocenters. The Balaban J connectivity index is 1.34. The Morgan fingerprint density at radius 1 is 1.08 bits per heavy atom. The molecule has 188 valence electrons. The van der Waals surface area contributed by atoms with Gasteiger partial charge >= 0.3 is 0 Å². The van der Waals surface area contributed by atoms with Gasteiger partial charge in [0.15, 0.2) is 5.17 Å². The van der Waals surface area contributed by atoms with E-state index in [0.29, 0.717) is 22.3 Å². The number of amidine groups is 1. The van der Waals surface area contributed by atoms with E-state index in [1.54, 1.807) is 29.3 Å². The Hall–Kier alpha value is -3.49. The first-order valence-electron chi connectivity index (χ1n) is 11.8. The molecule has 5 rings (SSSR count). The minimum atomic E-state index is -0.641. The number of amides is 2. The van der Waals surface area contributed by atoms with Crippen LogP contribution in [0.4, 0.5) is 10.1 Å². The molecule has 0 aliphatic carbocycles. The summed E-state index contributed by atoms with van der Waals surface area (Å²) in [5, 5.41) is 9.79. The molecule has 0 bridgehead atoms. The number of nitrogens with zero attached hydrogens (tertiary/aromatic N) is 3. The molecule has 1 N–H and O–H groups in total. The third kappa shape index (κ3) is 5.60. The number of nitrogens with one attached hydrogen (secondary N) is 1. The highest BCUT2D eigenvalue weighted by molar-refractivity contribution is 8.15. The van der Waals surface area contributed by atoms with Crippen molar-refractivity contribution in [3.05, 3.63) is 99.8 Å². The zero-order valence-electron chi connectivity index (χ0n) is 20.2. The van der Waals surface area contributed by atoms with Crippen molar-refractivity contribution in [2.24, 2.45) is 10.1 Å². The quantitative estimate of drug-likeness (QED) is 0.418. The summed E-state index contributed by atoms with van der Waals surface area (Å²) >= 11 is 7.33. The van der Waals surface area contributed by atoms with Gasteiger partial charge in [0.1, 0.15) is 11.1 Å². The van der Waals surface area contributed by atoms with Crippen LogP contribution in [0.5, 0.6) is 0 Å². The lowest BCUT2D eigenvalue weighted by atomic mass is 9.99. The fraction of sp³-hybridized carbons (Fsp3) is 0.214. The maximum atomic E-state index is 13.5. The molecule has 0 aromatic heterocycles. The molecule has 2 amide bonds. The zero-order valence-corrected chi connectivity index (χ0v) is 21.8. The summed E-state index contributed by atoms with van der Waals surface area (Å²) in [7, 11) is 0. The van der Waals surface area contributed by atoms with Crippen LogP contribution >= 0.6 is 23.4 Å². The lowest BCUT2D eigenvalue weighted by molar-refractivity contribution is -0.121. The van der Waals surface area contributed by atoms with Crippen molar-refractivity contribution in [1.29, 1.82) is 0 Å². The van der Waals surface area contributed by atoms with Gasteiger partial charge in [-0.15, -0.1) is 0 Å². The average Bonchev–Trinajstić information content (AvgIpc) is 3.46. The van der Waals surface area contributed by atoms with Crippen LogP contribution in [0, 0.1) is 19.7 Å². The molecule has 2 aliphatic rings. The SMILES string of the molecule is Cc1ccc(NC(=O)C[C@H]2SC(N3N=C(c4ccc(F)cc4)C[C@@H]3c3ccc(Cl)cc3)=NC2=O)cc1C. The molecule has 0 fully saturated rings. The maximum absolute atomic E-state index is 13.5. The topological polar surface area (TPSA) is 74.1 Å². The van der Waals surface area contributed by atoms with Crippen LogP contribution in [-0.4, -0.2) is 33.0 Å². The summed E-state index contributed by atoms with van der Waals surface area (Å²) in [6, 6.07) is 19.1. The minimum absolute atomic E-state index is 0.00257. The van der Waals surface area contributed by atoms with Crippen molar-refractivity contribution in [3.63, 3.8) is 0 Å². The normalized spacial score (nSPS) is 19.1. The zero-order chi connectivity index (χ0) is 26.1. The van der Waals surface area contributed by atoms with Crippen molar-refractivity contribution in [2.75, 3.05) is 5.32 Å². The van der Waals surface area contributed by atoms with Gasteiger partial charge in [-0.2, -0.15) is 10.1 Å². The second kappa shape index (κ2) is 10.5. The van der Waals surface area contributed by atoms with E-state index in [4.69, 9.17) is 16.7 Å². The van der Waals surface area contributed by atoms with Gasteiger partial charge in [0, 0.05) is 23.6 Å². The first kappa shape index (κ1) is 25.2. The summed E-state index contributed by atoms with van der Waals surface area (Å²) in [6.07, 6.45) is 0.538. The second-order valence-corrected chi connectivity index (χ2v) is 10.7. The van der Waals surface area contributed by atoms with Crippen molar-refractivity contribution in [3.8, 4) is 0 Å². The van der Waals surface area contributed by atoms with Crippen LogP contribution < -0.4 is 5.32 Å². The monoisotopic (exact) mass is 534 g/mol. The molecule has 9 heteroatoms. The van der Waals surface area contributed by atoms with Crippen LogP contribution in [-0.2, 0) is 9.59 Å². The van der Waals surface area contributed by atoms with Gasteiger partial charge in [0.05, 0.1) is 11.8 Å². The van der Waals surface area contributed by atoms with Gasteiger partial charge in [-0.1, -0.05) is 53.7 Å². The smallest absolute Gasteiger partial charge is 0.262 e. The second-order valence-electron chi connectivity index (χ2n) is 9.06. The van der Waals surface area contributed by atoms with Crippen LogP contribution in [0.3, 0.4) is 0 Å². The molecule has 0 radical (unpaired) electrons. The molecular weight excluding hydrogens is 511 g/mol. The molecule has 3 aromatic rings. The number of hydrogen-bond donors (Lipinski definition) is 1. The summed E-state index contributed by atoms with van der Waals surface area (Å²) in [5.41, 5.74) is 5.41. The number of aryl methyl sites for hydroxylation is 2. The van der Waals surface area contributed by atoms with Crippen molar-refractivity contribution in [2.45, 2.75) is 38.0 Å². The molecule has 0 saturated carbocycles. The lowest BCUT2D eigenvalue weighted by Crippen LogP contribution is -2.25. The number of rotatable bonds is 5. The van der Waals surface area contributed by atoms with Crippen LogP contribution in [0.15, 0.2) is 76.8 Å². The number of carbonyl (C=O) groups excluding carboxylic acids is 2. The number of hydrazone groups is 1. The van der Waals surface area contributed by atoms with E-state index in [-0.39, 0.29) is 30.1 Å². The molecular formula is C28H24ClFN4O2S. The number of thioether (sulfide) groups is 1. The molecule has 6 nitrogen and oxygen atoms in total. The number of anilines is 1. The maximum Gasteiger partial charge on any atom is 0.262 e. The summed E-state index contributed by atoms with van der Waals surface area (Å²) in [5.74, 6) is -0.941. The number of carbonyl (C=O) groups is 2. The fourth-order valence-electron chi connectivity index (χ4n) is 4.25. The van der Waals surface area contributed by atoms with Crippen LogP contribution in [0.25, 0.3) is 0 Å². The Bertz CT molecular complexity index is 1420. The molecule has 2 heterocycles. The van der Waals surface area contributed by atoms with E-state index in [2.05, 4.69) is 10.3 Å². The molecule has 0 unspecified atom stereocenters. The molecule has 37 heavy (non-hydrogen) atoms. The number of benzene rings is 3. The van der Waals surface area contributed by atoms with Crippen molar-refractivity contribution < 1.29 is 14.0 Å². The van der Waals surface area contributed by atoms with E-state index < -0.39 is 5.25 Å². The van der Waals surface area contributed by atoms with Gasteiger partial charge in [0.25, 0.3) is 5.91 Å². The fourth-order valence-corrected chi connectivity index (χ4v) is 5.44. The highest BCUT2D eigenvalue weighted by atomic mass is 35.5. The standard InChI is InChI=1S/C28H24ClFN4O2S/c1-16-3-12-22(13-17(16)2)31-26(35)15-25-27(36)32-28(37-25)34-24(19-4-8-20(29)9-5-19)14-23(33-34)18-6-10-21(30)11-7-18/h3-13,24-25H,14-15H2,1-2H3,(H,31,35)/t24-,25-/m1/s1. The largest absolute Gasteiger partial charge is 0.326 e. The molecule has 0 spiro atoms. The predicted molar refractivity (Wildman–Crippen MR) is 147 cm³/mol. The minimum Gasteiger partial charge on any atom is -0.326 e. The first-order valence-corrected chi connectivity index (χ1v) is 13.1. The van der Waals surface area contributed by atoms with E-state index >= 15 is 0 Å². The van der Waals surface area contributed by atoms with Gasteiger partial charge in [-0.3, -0.25) is 9.59 Å².